The summed E-state index contributed by atoms with van der Waals surface area (Å²) in [6.07, 6.45) is -0.0698. The Morgan fingerprint density at radius 3 is 2.41 bits per heavy atom. The molecule has 2 rings (SSSR count). The predicted molar refractivity (Wildman–Crippen MR) is 113 cm³/mol. The quantitative estimate of drug-likeness (QED) is 0.518. The molecule has 8 nitrogen and oxygen atoms in total. The van der Waals surface area contributed by atoms with Crippen LogP contribution in [0.15, 0.2) is 41.3 Å². The van der Waals surface area contributed by atoms with Crippen LogP contribution >= 0.6 is 23.2 Å². The first kappa shape index (κ1) is 23.2. The van der Waals surface area contributed by atoms with Crippen molar-refractivity contribution in [2.75, 3.05) is 18.1 Å². The van der Waals surface area contributed by atoms with Crippen LogP contribution in [0.3, 0.4) is 0 Å². The Kier molecular flexibility index (Phi) is 7.73. The van der Waals surface area contributed by atoms with Gasteiger partial charge in [0.15, 0.2) is 5.75 Å². The number of anilines is 2. The number of nitrogens with one attached hydrogen (secondary N) is 1. The molecule has 0 spiro atoms. The molecule has 0 heterocycles. The molecule has 0 unspecified atom stereocenters. The molecule has 0 saturated carbocycles. The van der Waals surface area contributed by atoms with Gasteiger partial charge in [-0.3, -0.25) is 4.90 Å². The number of halogens is 2. The van der Waals surface area contributed by atoms with Gasteiger partial charge in [0.2, 0.25) is 10.0 Å². The average Bonchev–Trinajstić information content (AvgIpc) is 2.62. The summed E-state index contributed by atoms with van der Waals surface area (Å²) in [6.45, 7) is 3.72. The molecule has 11 heteroatoms. The molecule has 0 aliphatic rings. The Balaban J connectivity index is 2.49. The highest BCUT2D eigenvalue weighted by molar-refractivity contribution is 7.89. The van der Waals surface area contributed by atoms with E-state index in [-0.39, 0.29) is 40.7 Å². The molecule has 0 aliphatic heterocycles. The SMILES string of the molecule is CC(C)OCCNS(=O)(=O)c1c(Cl)ccc(N(C(N)=O)c2ccccc2Cl)c1O. The molecule has 0 radical (unpaired) electrons. The van der Waals surface area contributed by atoms with E-state index in [9.17, 15) is 18.3 Å². The number of rotatable bonds is 8. The van der Waals surface area contributed by atoms with E-state index in [0.717, 1.165) is 4.90 Å². The smallest absolute Gasteiger partial charge is 0.324 e. The molecule has 0 saturated heterocycles. The molecule has 2 aromatic rings. The second-order valence-corrected chi connectivity index (χ2v) is 8.70. The first-order chi connectivity index (χ1) is 13.6. The third kappa shape index (κ3) is 5.52. The van der Waals surface area contributed by atoms with Crippen molar-refractivity contribution in [2.24, 2.45) is 5.73 Å². The van der Waals surface area contributed by atoms with Crippen LogP contribution in [0, 0.1) is 0 Å². The number of nitrogens with zero attached hydrogens (tertiary/aromatic N) is 1. The Morgan fingerprint density at radius 1 is 1.17 bits per heavy atom. The maximum atomic E-state index is 12.7. The number of phenolic OH excluding ortho intramolecular Hbond substituents is 1. The van der Waals surface area contributed by atoms with E-state index in [4.69, 9.17) is 33.7 Å². The lowest BCUT2D eigenvalue weighted by atomic mass is 10.2. The van der Waals surface area contributed by atoms with Crippen molar-refractivity contribution < 1.29 is 23.1 Å². The number of amides is 2. The van der Waals surface area contributed by atoms with Gasteiger partial charge in [-0.25, -0.2) is 17.9 Å². The second kappa shape index (κ2) is 9.64. The number of para-hydroxylation sites is 1. The fourth-order valence-corrected chi connectivity index (χ4v) is 4.37. The minimum Gasteiger partial charge on any atom is -0.504 e. The van der Waals surface area contributed by atoms with Crippen LogP contribution in [0.4, 0.5) is 16.2 Å². The fraction of sp³-hybridized carbons (Fsp3) is 0.278. The standard InChI is InChI=1S/C18H21Cl2N3O5S/c1-11(2)28-10-9-22-29(26,27)17-13(20)7-8-15(16(17)24)23(18(21)25)14-6-4-3-5-12(14)19/h3-8,11,22,24H,9-10H2,1-2H3,(H2,21,25). The molecule has 2 amide bonds. The summed E-state index contributed by atoms with van der Waals surface area (Å²) in [7, 11) is -4.22. The summed E-state index contributed by atoms with van der Waals surface area (Å²) in [5, 5.41) is 10.6. The molecule has 29 heavy (non-hydrogen) atoms. The van der Waals surface area contributed by atoms with E-state index in [1.807, 2.05) is 13.8 Å². The van der Waals surface area contributed by atoms with E-state index >= 15 is 0 Å². The summed E-state index contributed by atoms with van der Waals surface area (Å²) >= 11 is 12.2. The van der Waals surface area contributed by atoms with Crippen molar-refractivity contribution >= 4 is 50.6 Å². The normalized spacial score (nSPS) is 11.6. The number of phenols is 1. The van der Waals surface area contributed by atoms with Crippen LogP contribution in [0.2, 0.25) is 10.0 Å². The zero-order chi connectivity index (χ0) is 21.8. The van der Waals surface area contributed by atoms with Gasteiger partial charge in [0, 0.05) is 6.54 Å². The first-order valence-corrected chi connectivity index (χ1v) is 10.8. The number of nitrogens with two attached hydrogens (primary N) is 1. The highest BCUT2D eigenvalue weighted by atomic mass is 35.5. The molecule has 0 atom stereocenters. The minimum atomic E-state index is -4.22. The minimum absolute atomic E-state index is 0.0371. The number of carbonyl (C=O) groups is 1. The van der Waals surface area contributed by atoms with Crippen LogP contribution in [0.25, 0.3) is 0 Å². The summed E-state index contributed by atoms with van der Waals surface area (Å²) in [5.41, 5.74) is 5.45. The van der Waals surface area contributed by atoms with E-state index in [0.29, 0.717) is 0 Å². The Morgan fingerprint density at radius 2 is 1.83 bits per heavy atom. The van der Waals surface area contributed by atoms with Gasteiger partial charge >= 0.3 is 6.03 Å². The molecular weight excluding hydrogens is 441 g/mol. The molecule has 0 bridgehead atoms. The zero-order valence-electron chi connectivity index (χ0n) is 15.7. The van der Waals surface area contributed by atoms with Crippen LogP contribution in [-0.2, 0) is 14.8 Å². The van der Waals surface area contributed by atoms with E-state index < -0.39 is 26.7 Å². The topological polar surface area (TPSA) is 122 Å². The number of hydrogen-bond acceptors (Lipinski definition) is 5. The van der Waals surface area contributed by atoms with Gasteiger partial charge in [-0.05, 0) is 38.1 Å². The molecular formula is C18H21Cl2N3O5S. The lowest BCUT2D eigenvalue weighted by Gasteiger charge is -2.24. The Labute approximate surface area is 179 Å². The lowest BCUT2D eigenvalue weighted by Crippen LogP contribution is -2.32. The predicted octanol–water partition coefficient (Wildman–Crippen LogP) is 3.62. The molecule has 2 aromatic carbocycles. The van der Waals surface area contributed by atoms with Gasteiger partial charge in [0.25, 0.3) is 0 Å². The number of carbonyl (C=O) groups excluding carboxylic acids is 1. The van der Waals surface area contributed by atoms with E-state index in [1.165, 1.54) is 24.3 Å². The van der Waals surface area contributed by atoms with Gasteiger partial charge in [0.05, 0.1) is 34.1 Å². The summed E-state index contributed by atoms with van der Waals surface area (Å²) < 4.78 is 33.0. The zero-order valence-corrected chi connectivity index (χ0v) is 18.1. The highest BCUT2D eigenvalue weighted by Gasteiger charge is 2.29. The molecule has 0 aliphatic carbocycles. The van der Waals surface area contributed by atoms with Crippen LogP contribution in [-0.4, -0.2) is 38.8 Å². The van der Waals surface area contributed by atoms with E-state index in [2.05, 4.69) is 4.72 Å². The summed E-state index contributed by atoms with van der Waals surface area (Å²) in [6, 6.07) is 7.81. The van der Waals surface area contributed by atoms with Crippen molar-refractivity contribution in [2.45, 2.75) is 24.8 Å². The monoisotopic (exact) mass is 461 g/mol. The molecule has 0 fully saturated rings. The van der Waals surface area contributed by atoms with Crippen LogP contribution in [0.1, 0.15) is 13.8 Å². The number of aromatic hydroxyl groups is 1. The van der Waals surface area contributed by atoms with Crippen LogP contribution in [0.5, 0.6) is 5.75 Å². The third-order valence-electron chi connectivity index (χ3n) is 3.73. The maximum Gasteiger partial charge on any atom is 0.324 e. The Hall–Kier alpha value is -2.04. The van der Waals surface area contributed by atoms with Gasteiger partial charge in [-0.1, -0.05) is 35.3 Å². The number of hydrogen-bond donors (Lipinski definition) is 3. The fourth-order valence-electron chi connectivity index (χ4n) is 2.52. The summed E-state index contributed by atoms with van der Waals surface area (Å²) in [4.78, 5) is 12.4. The number of urea groups is 1. The largest absolute Gasteiger partial charge is 0.504 e. The van der Waals surface area contributed by atoms with E-state index in [1.54, 1.807) is 12.1 Å². The Bertz CT molecular complexity index is 999. The number of primary amides is 1. The van der Waals surface area contributed by atoms with Crippen LogP contribution < -0.4 is 15.4 Å². The van der Waals surface area contributed by atoms with Crippen molar-refractivity contribution in [3.05, 3.63) is 46.4 Å². The van der Waals surface area contributed by atoms with Gasteiger partial charge in [-0.2, -0.15) is 0 Å². The van der Waals surface area contributed by atoms with Gasteiger partial charge in [0.1, 0.15) is 4.90 Å². The molecule has 0 aromatic heterocycles. The molecule has 158 valence electrons. The lowest BCUT2D eigenvalue weighted by molar-refractivity contribution is 0.0834. The maximum absolute atomic E-state index is 12.7. The number of sulfonamides is 1. The molecule has 4 N–H and O–H groups in total. The van der Waals surface area contributed by atoms with Crippen molar-refractivity contribution in [1.29, 1.82) is 0 Å². The van der Waals surface area contributed by atoms with Gasteiger partial charge < -0.3 is 15.6 Å². The summed E-state index contributed by atoms with van der Waals surface area (Å²) in [5.74, 6) is -0.742. The van der Waals surface area contributed by atoms with Crippen molar-refractivity contribution in [3.63, 3.8) is 0 Å². The average molecular weight is 462 g/mol. The third-order valence-corrected chi connectivity index (χ3v) is 6.01. The number of ether oxygens (including phenoxy) is 1. The first-order valence-electron chi connectivity index (χ1n) is 8.53. The second-order valence-electron chi connectivity index (χ2n) is 6.19. The number of benzene rings is 2. The van der Waals surface area contributed by atoms with Crippen molar-refractivity contribution in [1.82, 2.24) is 4.72 Å². The highest BCUT2D eigenvalue weighted by Crippen LogP contribution is 2.42. The van der Waals surface area contributed by atoms with Gasteiger partial charge in [-0.15, -0.1) is 0 Å². The van der Waals surface area contributed by atoms with Crippen molar-refractivity contribution in [3.8, 4) is 5.75 Å².